The fourth-order valence-electron chi connectivity index (χ4n) is 3.45. The van der Waals surface area contributed by atoms with Gasteiger partial charge in [0.2, 0.25) is 0 Å². The zero-order valence-electron chi connectivity index (χ0n) is 15.2. The summed E-state index contributed by atoms with van der Waals surface area (Å²) in [6, 6.07) is 21.8. The van der Waals surface area contributed by atoms with Crippen LogP contribution in [0.1, 0.15) is 0 Å². The average molecular weight is 387 g/mol. The third kappa shape index (κ3) is 2.73. The Hall–Kier alpha value is -3.25. The van der Waals surface area contributed by atoms with Crippen LogP contribution in [0.2, 0.25) is 0 Å². The summed E-state index contributed by atoms with van der Waals surface area (Å²) in [4.78, 5) is 22.1. The largest absolute Gasteiger partial charge is 0.497 e. The van der Waals surface area contributed by atoms with Crippen LogP contribution in [0, 0.1) is 0 Å². The van der Waals surface area contributed by atoms with Gasteiger partial charge in [0.05, 0.1) is 35.7 Å². The molecule has 0 saturated carbocycles. The van der Waals surface area contributed by atoms with Crippen LogP contribution in [0.3, 0.4) is 0 Å². The van der Waals surface area contributed by atoms with E-state index in [1.165, 1.54) is 9.79 Å². The van der Waals surface area contributed by atoms with Crippen molar-refractivity contribution >= 4 is 34.0 Å². The van der Waals surface area contributed by atoms with Gasteiger partial charge in [-0.3, -0.25) is 9.36 Å². The lowest BCUT2D eigenvalue weighted by molar-refractivity contribution is 0.415. The first kappa shape index (κ1) is 16.9. The van der Waals surface area contributed by atoms with Crippen LogP contribution >= 0.6 is 11.8 Å². The summed E-state index contributed by atoms with van der Waals surface area (Å²) in [5, 5.41) is 0.580. The Labute approximate surface area is 166 Å². The van der Waals surface area contributed by atoms with Crippen LogP contribution in [0.5, 0.6) is 5.75 Å². The van der Waals surface area contributed by atoms with E-state index in [0.29, 0.717) is 23.3 Å². The second kappa shape index (κ2) is 6.73. The minimum atomic E-state index is -0.0687. The van der Waals surface area contributed by atoms with E-state index in [1.54, 1.807) is 48.0 Å². The van der Waals surface area contributed by atoms with Crippen LogP contribution in [0.15, 0.2) is 87.6 Å². The monoisotopic (exact) mass is 387 g/mol. The van der Waals surface area contributed by atoms with Crippen molar-refractivity contribution in [2.75, 3.05) is 12.0 Å². The Kier molecular flexibility index (Phi) is 4.06. The number of aromatic nitrogens is 2. The number of methoxy groups -OCH3 is 1. The standard InChI is InChI=1S/C22H17N3O2S/c1-27-15-10-11-16-17(12-15)23-13-24(22(16)26)14-25-18-6-2-4-8-20(18)28-21-9-5-3-7-19(21)25/h2-13H,14H2,1H3. The Morgan fingerprint density at radius 3 is 2.32 bits per heavy atom. The van der Waals surface area contributed by atoms with Crippen molar-refractivity contribution in [2.45, 2.75) is 16.5 Å². The van der Waals surface area contributed by atoms with Gasteiger partial charge in [0, 0.05) is 15.9 Å². The smallest absolute Gasteiger partial charge is 0.262 e. The predicted molar refractivity (Wildman–Crippen MR) is 112 cm³/mol. The highest BCUT2D eigenvalue weighted by Crippen LogP contribution is 2.47. The number of nitrogens with zero attached hydrogens (tertiary/aromatic N) is 3. The molecule has 0 amide bonds. The summed E-state index contributed by atoms with van der Waals surface area (Å²) in [5.41, 5.74) is 2.75. The van der Waals surface area contributed by atoms with Crippen molar-refractivity contribution in [3.05, 3.63) is 83.4 Å². The number of anilines is 2. The van der Waals surface area contributed by atoms with Gasteiger partial charge in [-0.25, -0.2) is 4.98 Å². The first-order valence-electron chi connectivity index (χ1n) is 8.91. The maximum absolute atomic E-state index is 13.1. The summed E-state index contributed by atoms with van der Waals surface area (Å²) < 4.78 is 6.88. The van der Waals surface area contributed by atoms with Crippen LogP contribution in [0.25, 0.3) is 10.9 Å². The van der Waals surface area contributed by atoms with E-state index in [2.05, 4.69) is 34.1 Å². The number of para-hydroxylation sites is 2. The lowest BCUT2D eigenvalue weighted by Gasteiger charge is -2.32. The maximum Gasteiger partial charge on any atom is 0.262 e. The Morgan fingerprint density at radius 1 is 0.964 bits per heavy atom. The van der Waals surface area contributed by atoms with Gasteiger partial charge in [-0.2, -0.15) is 0 Å². The molecule has 3 aromatic carbocycles. The second-order valence-corrected chi connectivity index (χ2v) is 7.59. The molecule has 0 saturated heterocycles. The molecule has 28 heavy (non-hydrogen) atoms. The third-order valence-corrected chi connectivity index (χ3v) is 5.99. The van der Waals surface area contributed by atoms with Crippen molar-refractivity contribution in [3.63, 3.8) is 0 Å². The van der Waals surface area contributed by atoms with Gasteiger partial charge in [-0.1, -0.05) is 36.0 Å². The van der Waals surface area contributed by atoms with E-state index >= 15 is 0 Å². The van der Waals surface area contributed by atoms with Crippen molar-refractivity contribution < 1.29 is 4.74 Å². The van der Waals surface area contributed by atoms with E-state index in [1.807, 2.05) is 24.3 Å². The summed E-state index contributed by atoms with van der Waals surface area (Å²) in [7, 11) is 1.60. The maximum atomic E-state index is 13.1. The molecule has 138 valence electrons. The molecule has 4 aromatic rings. The van der Waals surface area contributed by atoms with E-state index in [0.717, 1.165) is 11.4 Å². The quantitative estimate of drug-likeness (QED) is 0.511. The highest BCUT2D eigenvalue weighted by atomic mass is 32.2. The molecule has 0 N–H and O–H groups in total. The summed E-state index contributed by atoms with van der Waals surface area (Å²) in [5.74, 6) is 0.688. The molecular weight excluding hydrogens is 370 g/mol. The van der Waals surface area contributed by atoms with Crippen molar-refractivity contribution in [2.24, 2.45) is 0 Å². The van der Waals surface area contributed by atoms with Crippen LogP contribution in [-0.4, -0.2) is 16.7 Å². The second-order valence-electron chi connectivity index (χ2n) is 6.51. The zero-order valence-corrected chi connectivity index (χ0v) is 16.0. The molecule has 0 atom stereocenters. The van der Waals surface area contributed by atoms with Crippen LogP contribution in [-0.2, 0) is 6.67 Å². The molecule has 1 aliphatic heterocycles. The molecule has 6 heteroatoms. The third-order valence-electron chi connectivity index (χ3n) is 4.86. The van der Waals surface area contributed by atoms with Crippen molar-refractivity contribution in [3.8, 4) is 5.75 Å². The first-order chi connectivity index (χ1) is 13.7. The number of hydrogen-bond acceptors (Lipinski definition) is 5. The van der Waals surface area contributed by atoms with Gasteiger partial charge in [0.1, 0.15) is 12.4 Å². The molecule has 0 aliphatic carbocycles. The Morgan fingerprint density at radius 2 is 1.64 bits per heavy atom. The fourth-order valence-corrected chi connectivity index (χ4v) is 4.55. The topological polar surface area (TPSA) is 47.4 Å². The first-order valence-corrected chi connectivity index (χ1v) is 9.73. The van der Waals surface area contributed by atoms with Crippen molar-refractivity contribution in [1.82, 2.24) is 9.55 Å². The minimum Gasteiger partial charge on any atom is -0.497 e. The van der Waals surface area contributed by atoms with E-state index in [-0.39, 0.29) is 5.56 Å². The summed E-state index contributed by atoms with van der Waals surface area (Å²) in [6.07, 6.45) is 1.61. The normalized spacial score (nSPS) is 12.5. The van der Waals surface area contributed by atoms with E-state index in [4.69, 9.17) is 4.74 Å². The van der Waals surface area contributed by atoms with Gasteiger partial charge < -0.3 is 9.64 Å². The molecular formula is C22H17N3O2S. The average Bonchev–Trinajstić information content (AvgIpc) is 2.75. The van der Waals surface area contributed by atoms with Gasteiger partial charge in [0.15, 0.2) is 0 Å². The SMILES string of the molecule is COc1ccc2c(=O)n(CN3c4ccccc4Sc4ccccc43)cnc2c1. The number of rotatable bonds is 3. The van der Waals surface area contributed by atoms with Gasteiger partial charge >= 0.3 is 0 Å². The fraction of sp³-hybridized carbons (Fsp3) is 0.0909. The lowest BCUT2D eigenvalue weighted by Crippen LogP contribution is -2.31. The molecule has 5 nitrogen and oxygen atoms in total. The molecule has 0 spiro atoms. The number of benzene rings is 3. The molecule has 0 unspecified atom stereocenters. The van der Waals surface area contributed by atoms with Gasteiger partial charge in [0.25, 0.3) is 5.56 Å². The summed E-state index contributed by atoms with van der Waals surface area (Å²) >= 11 is 1.75. The summed E-state index contributed by atoms with van der Waals surface area (Å²) in [6.45, 7) is 0.391. The Bertz CT molecular complexity index is 1210. The number of hydrogen-bond donors (Lipinski definition) is 0. The highest BCUT2D eigenvalue weighted by molar-refractivity contribution is 7.99. The van der Waals surface area contributed by atoms with Gasteiger partial charge in [-0.05, 0) is 36.4 Å². The van der Waals surface area contributed by atoms with Crippen LogP contribution < -0.4 is 15.2 Å². The van der Waals surface area contributed by atoms with Crippen LogP contribution in [0.4, 0.5) is 11.4 Å². The molecule has 0 radical (unpaired) electrons. The molecule has 2 heterocycles. The molecule has 1 aromatic heterocycles. The number of ether oxygens (including phenoxy) is 1. The van der Waals surface area contributed by atoms with Crippen molar-refractivity contribution in [1.29, 1.82) is 0 Å². The molecule has 0 fully saturated rings. The minimum absolute atomic E-state index is 0.0687. The number of fused-ring (bicyclic) bond motifs is 3. The predicted octanol–water partition coefficient (Wildman–Crippen LogP) is 4.67. The van der Waals surface area contributed by atoms with E-state index < -0.39 is 0 Å². The Balaban J connectivity index is 1.62. The van der Waals surface area contributed by atoms with E-state index in [9.17, 15) is 4.79 Å². The lowest BCUT2D eigenvalue weighted by atomic mass is 10.2. The molecule has 0 bridgehead atoms. The zero-order chi connectivity index (χ0) is 19.1. The molecule has 5 rings (SSSR count). The molecule has 1 aliphatic rings. The van der Waals surface area contributed by atoms with Gasteiger partial charge in [-0.15, -0.1) is 0 Å². The highest BCUT2D eigenvalue weighted by Gasteiger charge is 2.23.